The van der Waals surface area contributed by atoms with Crippen molar-refractivity contribution >= 4 is 15.9 Å². The third kappa shape index (κ3) is 6.32. The number of carbonyl (C=O) groups is 1. The maximum absolute atomic E-state index is 12.3. The van der Waals surface area contributed by atoms with Gasteiger partial charge in [-0.25, -0.2) is 13.4 Å². The van der Waals surface area contributed by atoms with Gasteiger partial charge < -0.3 is 15.0 Å². The molecule has 10 heteroatoms. The van der Waals surface area contributed by atoms with Gasteiger partial charge in [-0.1, -0.05) is 23.8 Å². The van der Waals surface area contributed by atoms with Gasteiger partial charge in [0.1, 0.15) is 11.8 Å². The van der Waals surface area contributed by atoms with E-state index in [4.69, 9.17) is 10.00 Å². The molecule has 0 aromatic carbocycles. The Kier molecular flexibility index (Phi) is 7.72. The van der Waals surface area contributed by atoms with Crippen molar-refractivity contribution in [1.29, 1.82) is 5.26 Å². The number of amides is 1. The van der Waals surface area contributed by atoms with Crippen LogP contribution in [0.1, 0.15) is 29.7 Å². The zero-order valence-electron chi connectivity index (χ0n) is 15.1. The number of allylic oxidation sites excluding steroid dienone is 3. The molecule has 146 valence electrons. The van der Waals surface area contributed by atoms with E-state index < -0.39 is 15.9 Å². The number of nitrogens with one attached hydrogen (secondary N) is 2. The number of hydrogen-bond donors (Lipinski definition) is 2. The molecule has 1 aliphatic heterocycles. The molecule has 2 N–H and O–H groups in total. The molecular weight excluding hydrogens is 370 g/mol. The molecule has 1 fully saturated rings. The number of sulfonamides is 1. The van der Waals surface area contributed by atoms with Crippen LogP contribution in [0.3, 0.4) is 0 Å². The lowest BCUT2D eigenvalue weighted by Gasteiger charge is -2.26. The van der Waals surface area contributed by atoms with Gasteiger partial charge in [0.25, 0.3) is 5.91 Å². The van der Waals surface area contributed by atoms with Crippen molar-refractivity contribution in [1.82, 2.24) is 19.6 Å². The molecule has 0 spiro atoms. The van der Waals surface area contributed by atoms with Gasteiger partial charge in [-0.05, 0) is 13.3 Å². The van der Waals surface area contributed by atoms with Crippen molar-refractivity contribution in [3.63, 3.8) is 0 Å². The van der Waals surface area contributed by atoms with Crippen LogP contribution in [-0.4, -0.2) is 67.2 Å². The summed E-state index contributed by atoms with van der Waals surface area (Å²) in [6.45, 7) is 3.76. The van der Waals surface area contributed by atoms with Gasteiger partial charge in [-0.15, -0.1) is 0 Å². The number of aromatic nitrogens is 2. The first kappa shape index (κ1) is 20.8. The fourth-order valence-corrected chi connectivity index (χ4v) is 3.92. The third-order valence-electron chi connectivity index (χ3n) is 4.01. The first-order chi connectivity index (χ1) is 13.0. The summed E-state index contributed by atoms with van der Waals surface area (Å²) in [6.07, 6.45) is 7.06. The normalized spacial score (nSPS) is 16.4. The van der Waals surface area contributed by atoms with Crippen LogP contribution < -0.4 is 5.32 Å². The summed E-state index contributed by atoms with van der Waals surface area (Å²) >= 11 is 0. The second kappa shape index (κ2) is 10.0. The zero-order valence-corrected chi connectivity index (χ0v) is 16.0. The number of carbonyl (C=O) groups excluding carboxylic acids is 1. The number of nitrogens with zero attached hydrogens (tertiary/aromatic N) is 3. The van der Waals surface area contributed by atoms with Crippen LogP contribution in [0.25, 0.3) is 0 Å². The lowest BCUT2D eigenvalue weighted by molar-refractivity contribution is 0.0730. The monoisotopic (exact) mass is 393 g/mol. The van der Waals surface area contributed by atoms with E-state index in [1.807, 2.05) is 19.1 Å². The van der Waals surface area contributed by atoms with E-state index in [2.05, 4.69) is 15.3 Å². The lowest BCUT2D eigenvalue weighted by Crippen LogP contribution is -2.41. The van der Waals surface area contributed by atoms with Crippen molar-refractivity contribution in [3.05, 3.63) is 41.5 Å². The van der Waals surface area contributed by atoms with E-state index in [0.29, 0.717) is 32.7 Å². The number of rotatable bonds is 8. The van der Waals surface area contributed by atoms with Crippen LogP contribution in [0, 0.1) is 11.3 Å². The highest BCUT2D eigenvalue weighted by molar-refractivity contribution is 7.89. The van der Waals surface area contributed by atoms with Gasteiger partial charge in [-0.3, -0.25) is 4.79 Å². The maximum Gasteiger partial charge on any atom is 0.287 e. The lowest BCUT2D eigenvalue weighted by atomic mass is 10.2. The van der Waals surface area contributed by atoms with Crippen LogP contribution >= 0.6 is 0 Å². The minimum Gasteiger partial charge on any atom is -0.379 e. The molecule has 1 aliphatic rings. The van der Waals surface area contributed by atoms with Gasteiger partial charge in [0.15, 0.2) is 5.82 Å². The summed E-state index contributed by atoms with van der Waals surface area (Å²) in [5.74, 6) is -0.312. The van der Waals surface area contributed by atoms with Gasteiger partial charge in [-0.2, -0.15) is 9.57 Å². The predicted molar refractivity (Wildman–Crippen MR) is 99.3 cm³/mol. The Balaban J connectivity index is 1.78. The van der Waals surface area contributed by atoms with E-state index in [1.54, 1.807) is 12.2 Å². The molecule has 2 rings (SSSR count). The summed E-state index contributed by atoms with van der Waals surface area (Å²) in [6, 6.07) is 1.86. The van der Waals surface area contributed by atoms with Crippen LogP contribution in [0.15, 0.2) is 30.0 Å². The highest BCUT2D eigenvalue weighted by Crippen LogP contribution is 2.11. The SMILES string of the molecule is C/C=C(\C=C/CNC(=O)c1ncc(C#N)[nH]1)CCS(=O)(=O)N1CCOCC1. The largest absolute Gasteiger partial charge is 0.379 e. The number of nitriles is 1. The van der Waals surface area contributed by atoms with Crippen molar-refractivity contribution in [2.75, 3.05) is 38.6 Å². The molecule has 0 aliphatic carbocycles. The number of ether oxygens (including phenoxy) is 1. The highest BCUT2D eigenvalue weighted by Gasteiger charge is 2.23. The van der Waals surface area contributed by atoms with Gasteiger partial charge in [0.05, 0.1) is 25.2 Å². The van der Waals surface area contributed by atoms with E-state index >= 15 is 0 Å². The summed E-state index contributed by atoms with van der Waals surface area (Å²) in [7, 11) is -3.30. The smallest absolute Gasteiger partial charge is 0.287 e. The molecule has 1 aromatic rings. The fraction of sp³-hybridized carbons (Fsp3) is 0.471. The van der Waals surface area contributed by atoms with Crippen LogP contribution in [-0.2, 0) is 14.8 Å². The average molecular weight is 393 g/mol. The first-order valence-corrected chi connectivity index (χ1v) is 10.2. The summed E-state index contributed by atoms with van der Waals surface area (Å²) in [5, 5.41) is 11.3. The first-order valence-electron chi connectivity index (χ1n) is 8.57. The van der Waals surface area contributed by atoms with E-state index in [9.17, 15) is 13.2 Å². The molecule has 0 radical (unpaired) electrons. The standard InChI is InChI=1S/C17H23N5O4S/c1-2-14(5-11-27(24,25)22-7-9-26-10-8-22)4-3-6-19-17(23)16-20-13-15(12-18)21-16/h2-4,13H,5-11H2,1H3,(H,19,23)(H,20,21)/b4-3-,14-2+. The molecule has 0 saturated carbocycles. The summed E-state index contributed by atoms with van der Waals surface area (Å²) in [5.41, 5.74) is 1.08. The average Bonchev–Trinajstić information content (AvgIpc) is 3.17. The molecule has 0 unspecified atom stereocenters. The van der Waals surface area contributed by atoms with Crippen molar-refractivity contribution in [3.8, 4) is 6.07 Å². The Labute approximate surface area is 158 Å². The van der Waals surface area contributed by atoms with Gasteiger partial charge in [0.2, 0.25) is 10.0 Å². The molecule has 9 nitrogen and oxygen atoms in total. The predicted octanol–water partition coefficient (Wildman–Crippen LogP) is 0.566. The molecule has 1 amide bonds. The Morgan fingerprint density at radius 1 is 1.48 bits per heavy atom. The van der Waals surface area contributed by atoms with Crippen LogP contribution in [0.2, 0.25) is 0 Å². The quantitative estimate of drug-likeness (QED) is 0.621. The Hall–Kier alpha value is -2.48. The summed E-state index contributed by atoms with van der Waals surface area (Å²) < 4.78 is 31.3. The molecule has 2 heterocycles. The number of H-pyrrole nitrogens is 1. The zero-order chi connectivity index (χ0) is 19.7. The molecule has 1 saturated heterocycles. The molecule has 0 atom stereocenters. The molecule has 27 heavy (non-hydrogen) atoms. The van der Waals surface area contributed by atoms with Crippen molar-refractivity contribution in [2.45, 2.75) is 13.3 Å². The Morgan fingerprint density at radius 2 is 2.22 bits per heavy atom. The number of hydrogen-bond acceptors (Lipinski definition) is 6. The number of morpholine rings is 1. The second-order valence-electron chi connectivity index (χ2n) is 5.81. The van der Waals surface area contributed by atoms with Crippen LogP contribution in [0.4, 0.5) is 0 Å². The van der Waals surface area contributed by atoms with Crippen molar-refractivity contribution in [2.24, 2.45) is 0 Å². The van der Waals surface area contributed by atoms with E-state index in [1.165, 1.54) is 10.5 Å². The topological polar surface area (TPSA) is 128 Å². The van der Waals surface area contributed by atoms with Crippen LogP contribution in [0.5, 0.6) is 0 Å². The molecule has 1 aromatic heterocycles. The van der Waals surface area contributed by atoms with E-state index in [0.717, 1.165) is 5.57 Å². The third-order valence-corrected chi connectivity index (χ3v) is 5.88. The summed E-state index contributed by atoms with van der Waals surface area (Å²) in [4.78, 5) is 18.3. The number of aromatic amines is 1. The van der Waals surface area contributed by atoms with Gasteiger partial charge >= 0.3 is 0 Å². The number of imidazole rings is 1. The maximum atomic E-state index is 12.3. The molecular formula is C17H23N5O4S. The highest BCUT2D eigenvalue weighted by atomic mass is 32.2. The second-order valence-corrected chi connectivity index (χ2v) is 7.90. The molecule has 0 bridgehead atoms. The van der Waals surface area contributed by atoms with Crippen molar-refractivity contribution < 1.29 is 17.9 Å². The minimum atomic E-state index is -3.30. The Morgan fingerprint density at radius 3 is 2.85 bits per heavy atom. The van der Waals surface area contributed by atoms with Gasteiger partial charge in [0, 0.05) is 19.6 Å². The minimum absolute atomic E-state index is 0.0344. The fourth-order valence-electron chi connectivity index (χ4n) is 2.46. The Bertz CT molecular complexity index is 845. The van der Waals surface area contributed by atoms with E-state index in [-0.39, 0.29) is 23.8 Å².